The van der Waals surface area contributed by atoms with Crippen LogP contribution in [0.5, 0.6) is 0 Å². The molecule has 0 aromatic carbocycles. The van der Waals surface area contributed by atoms with Crippen molar-refractivity contribution in [2.75, 3.05) is 45.8 Å². The minimum atomic E-state index is -0.131. The number of aromatic nitrogens is 2. The van der Waals surface area contributed by atoms with Gasteiger partial charge in [-0.3, -0.25) is 9.69 Å². The highest BCUT2D eigenvalue weighted by molar-refractivity contribution is 5.85. The Bertz CT molecular complexity index is 609. The van der Waals surface area contributed by atoms with Crippen LogP contribution in [0, 0.1) is 5.41 Å². The Labute approximate surface area is 150 Å². The molecule has 4 heterocycles. The maximum absolute atomic E-state index is 13.2. The summed E-state index contributed by atoms with van der Waals surface area (Å²) in [4.78, 5) is 24.7. The van der Waals surface area contributed by atoms with Gasteiger partial charge >= 0.3 is 0 Å². The fourth-order valence-electron chi connectivity index (χ4n) is 4.86. The highest BCUT2D eigenvalue weighted by atomic mass is 16.2. The summed E-state index contributed by atoms with van der Waals surface area (Å²) in [7, 11) is 2.04. The predicted molar refractivity (Wildman–Crippen MR) is 97.0 cm³/mol. The van der Waals surface area contributed by atoms with Gasteiger partial charge in [0, 0.05) is 45.6 Å². The maximum atomic E-state index is 13.2. The van der Waals surface area contributed by atoms with Crippen LogP contribution >= 0.6 is 0 Å². The van der Waals surface area contributed by atoms with Gasteiger partial charge in [0.1, 0.15) is 5.82 Å². The average Bonchev–Trinajstić information content (AvgIpc) is 3.32. The molecule has 6 nitrogen and oxygen atoms in total. The van der Waals surface area contributed by atoms with Gasteiger partial charge in [-0.15, -0.1) is 0 Å². The summed E-state index contributed by atoms with van der Waals surface area (Å²) in [6.45, 7) is 8.18. The van der Waals surface area contributed by atoms with E-state index in [0.29, 0.717) is 5.91 Å². The third-order valence-corrected chi connectivity index (χ3v) is 6.43. The number of aryl methyl sites for hydroxylation is 1. The van der Waals surface area contributed by atoms with Crippen molar-refractivity contribution in [2.45, 2.75) is 38.6 Å². The van der Waals surface area contributed by atoms with E-state index in [4.69, 9.17) is 0 Å². The van der Waals surface area contributed by atoms with Gasteiger partial charge < -0.3 is 14.4 Å². The molecule has 3 aliphatic heterocycles. The first-order valence-electron chi connectivity index (χ1n) is 9.87. The van der Waals surface area contributed by atoms with Gasteiger partial charge in [-0.25, -0.2) is 4.98 Å². The highest BCUT2D eigenvalue weighted by Gasteiger charge is 2.48. The summed E-state index contributed by atoms with van der Waals surface area (Å²) in [6.07, 6.45) is 9.70. The summed E-state index contributed by atoms with van der Waals surface area (Å²) < 4.78 is 2.08. The third-order valence-electron chi connectivity index (χ3n) is 6.43. The molecule has 0 bridgehead atoms. The molecule has 1 aromatic heterocycles. The van der Waals surface area contributed by atoms with E-state index in [-0.39, 0.29) is 5.41 Å². The van der Waals surface area contributed by atoms with Gasteiger partial charge in [-0.05, 0) is 51.7 Å². The first kappa shape index (κ1) is 17.0. The molecule has 0 unspecified atom stereocenters. The van der Waals surface area contributed by atoms with E-state index < -0.39 is 0 Å². The second-order valence-corrected chi connectivity index (χ2v) is 8.14. The van der Waals surface area contributed by atoms with E-state index in [2.05, 4.69) is 24.3 Å². The number of hydrogen-bond acceptors (Lipinski definition) is 4. The molecule has 6 heteroatoms. The second-order valence-electron chi connectivity index (χ2n) is 8.14. The lowest BCUT2D eigenvalue weighted by molar-refractivity contribution is -0.139. The smallest absolute Gasteiger partial charge is 0.230 e. The fourth-order valence-corrected chi connectivity index (χ4v) is 4.86. The Hall–Kier alpha value is -1.40. The van der Waals surface area contributed by atoms with Gasteiger partial charge in [0.25, 0.3) is 0 Å². The lowest BCUT2D eigenvalue weighted by Gasteiger charge is -2.39. The first-order valence-corrected chi connectivity index (χ1v) is 9.87. The molecule has 3 aliphatic rings. The average molecular weight is 345 g/mol. The van der Waals surface area contributed by atoms with Crippen molar-refractivity contribution in [1.82, 2.24) is 24.3 Å². The zero-order valence-corrected chi connectivity index (χ0v) is 15.5. The predicted octanol–water partition coefficient (Wildman–Crippen LogP) is 1.33. The Morgan fingerprint density at radius 2 is 1.84 bits per heavy atom. The zero-order valence-electron chi connectivity index (χ0n) is 15.5. The summed E-state index contributed by atoms with van der Waals surface area (Å²) >= 11 is 0. The van der Waals surface area contributed by atoms with Crippen molar-refractivity contribution in [1.29, 1.82) is 0 Å². The SMILES string of the molecule is Cn1ccnc1CN1CCC[C@]2(CCN(CCN3CCCC3)C2=O)C1. The summed E-state index contributed by atoms with van der Waals surface area (Å²) in [5.41, 5.74) is -0.131. The van der Waals surface area contributed by atoms with E-state index in [0.717, 1.165) is 64.4 Å². The molecule has 1 aromatic rings. The van der Waals surface area contributed by atoms with Crippen molar-refractivity contribution in [2.24, 2.45) is 12.5 Å². The normalized spacial score (nSPS) is 28.5. The monoisotopic (exact) mass is 345 g/mol. The number of carbonyl (C=O) groups is 1. The van der Waals surface area contributed by atoms with Crippen LogP contribution in [-0.4, -0.2) is 76.0 Å². The minimum Gasteiger partial charge on any atom is -0.341 e. The molecule has 0 saturated carbocycles. The van der Waals surface area contributed by atoms with Crippen LogP contribution in [0.25, 0.3) is 0 Å². The van der Waals surface area contributed by atoms with Crippen LogP contribution in [0.4, 0.5) is 0 Å². The van der Waals surface area contributed by atoms with Crippen LogP contribution in [0.3, 0.4) is 0 Å². The molecular formula is C19H31N5O. The lowest BCUT2D eigenvalue weighted by Crippen LogP contribution is -2.48. The molecule has 4 rings (SSSR count). The molecule has 138 valence electrons. The van der Waals surface area contributed by atoms with Gasteiger partial charge in [0.05, 0.1) is 12.0 Å². The van der Waals surface area contributed by atoms with E-state index in [1.807, 2.05) is 19.4 Å². The molecule has 0 radical (unpaired) electrons. The number of rotatable bonds is 5. The van der Waals surface area contributed by atoms with Gasteiger partial charge in [-0.2, -0.15) is 0 Å². The number of imidazole rings is 1. The van der Waals surface area contributed by atoms with Crippen LogP contribution in [0.2, 0.25) is 0 Å². The molecule has 25 heavy (non-hydrogen) atoms. The third kappa shape index (κ3) is 3.47. The topological polar surface area (TPSA) is 44.6 Å². The number of likely N-dealkylation sites (tertiary alicyclic amines) is 3. The van der Waals surface area contributed by atoms with E-state index >= 15 is 0 Å². The molecule has 1 atom stereocenters. The quantitative estimate of drug-likeness (QED) is 0.808. The molecule has 1 spiro atoms. The first-order chi connectivity index (χ1) is 12.2. The Kier molecular flexibility index (Phi) is 4.82. The van der Waals surface area contributed by atoms with Crippen molar-refractivity contribution in [3.63, 3.8) is 0 Å². The second kappa shape index (κ2) is 7.08. The van der Waals surface area contributed by atoms with Crippen LogP contribution in [0.1, 0.15) is 37.9 Å². The number of amides is 1. The van der Waals surface area contributed by atoms with E-state index in [9.17, 15) is 4.79 Å². The zero-order chi connectivity index (χ0) is 17.3. The number of nitrogens with zero attached hydrogens (tertiary/aromatic N) is 5. The number of hydrogen-bond donors (Lipinski definition) is 0. The standard InChI is InChI=1S/C19H31N5O/c1-21-12-7-20-17(21)15-23-10-4-5-19(16-23)6-11-24(18(19)25)14-13-22-8-2-3-9-22/h7,12H,2-6,8-11,13-16H2,1H3/t19-/m0/s1. The molecule has 1 amide bonds. The van der Waals surface area contributed by atoms with Crippen LogP contribution in [-0.2, 0) is 18.4 Å². The Morgan fingerprint density at radius 3 is 2.60 bits per heavy atom. The largest absolute Gasteiger partial charge is 0.341 e. The molecule has 3 fully saturated rings. The van der Waals surface area contributed by atoms with Gasteiger partial charge in [-0.1, -0.05) is 0 Å². The molecule has 0 N–H and O–H groups in total. The van der Waals surface area contributed by atoms with Gasteiger partial charge in [0.15, 0.2) is 0 Å². The number of carbonyl (C=O) groups excluding carboxylic acids is 1. The maximum Gasteiger partial charge on any atom is 0.230 e. The van der Waals surface area contributed by atoms with E-state index in [1.165, 1.54) is 25.9 Å². The molecule has 3 saturated heterocycles. The Morgan fingerprint density at radius 1 is 1.04 bits per heavy atom. The van der Waals surface area contributed by atoms with Crippen LogP contribution < -0.4 is 0 Å². The molecule has 0 aliphatic carbocycles. The van der Waals surface area contributed by atoms with Crippen molar-refractivity contribution in [3.05, 3.63) is 18.2 Å². The molecular weight excluding hydrogens is 314 g/mol. The van der Waals surface area contributed by atoms with Crippen molar-refractivity contribution in [3.8, 4) is 0 Å². The Balaban J connectivity index is 1.36. The number of piperidine rings is 1. The fraction of sp³-hybridized carbons (Fsp3) is 0.789. The lowest BCUT2D eigenvalue weighted by atomic mass is 9.78. The van der Waals surface area contributed by atoms with Gasteiger partial charge in [0.2, 0.25) is 5.91 Å². The summed E-state index contributed by atoms with van der Waals surface area (Å²) in [6, 6.07) is 0. The van der Waals surface area contributed by atoms with E-state index in [1.54, 1.807) is 0 Å². The van der Waals surface area contributed by atoms with Crippen molar-refractivity contribution < 1.29 is 4.79 Å². The highest BCUT2D eigenvalue weighted by Crippen LogP contribution is 2.40. The minimum absolute atomic E-state index is 0.131. The summed E-state index contributed by atoms with van der Waals surface area (Å²) in [5, 5.41) is 0. The van der Waals surface area contributed by atoms with Crippen LogP contribution in [0.15, 0.2) is 12.4 Å². The van der Waals surface area contributed by atoms with Crippen molar-refractivity contribution >= 4 is 5.91 Å². The summed E-state index contributed by atoms with van der Waals surface area (Å²) in [5.74, 6) is 1.50.